The minimum Gasteiger partial charge on any atom is -0.469 e. The highest BCUT2D eigenvalue weighted by Crippen LogP contribution is 2.25. The van der Waals surface area contributed by atoms with Crippen molar-refractivity contribution in [2.45, 2.75) is 38.4 Å². The maximum Gasteiger partial charge on any atom is 0.194 e. The first-order chi connectivity index (χ1) is 14.3. The fourth-order valence-corrected chi connectivity index (χ4v) is 3.97. The average Bonchev–Trinajstić information content (AvgIpc) is 3.45. The number of nitrogens with one attached hydrogen (secondary N) is 1. The molecule has 2 saturated heterocycles. The minimum absolute atomic E-state index is 0.0600. The summed E-state index contributed by atoms with van der Waals surface area (Å²) in [5.74, 6) is 1.92. The van der Waals surface area contributed by atoms with Crippen LogP contribution in [0.2, 0.25) is 0 Å². The van der Waals surface area contributed by atoms with Crippen molar-refractivity contribution in [3.63, 3.8) is 0 Å². The molecule has 0 radical (unpaired) electrons. The lowest BCUT2D eigenvalue weighted by molar-refractivity contribution is -0.00844. The fraction of sp³-hybridized carbons (Fsp3) is 0.522. The van der Waals surface area contributed by atoms with Gasteiger partial charge in [-0.2, -0.15) is 0 Å². The molecular weight excluding hydrogens is 366 g/mol. The van der Waals surface area contributed by atoms with Gasteiger partial charge in [0.25, 0.3) is 0 Å². The molecule has 0 saturated carbocycles. The van der Waals surface area contributed by atoms with Gasteiger partial charge in [0.15, 0.2) is 5.96 Å². The van der Waals surface area contributed by atoms with E-state index < -0.39 is 0 Å². The number of aliphatic imine (C=N–C) groups is 1. The van der Waals surface area contributed by atoms with E-state index in [-0.39, 0.29) is 12.2 Å². The molecule has 29 heavy (non-hydrogen) atoms. The van der Waals surface area contributed by atoms with Crippen LogP contribution in [0.4, 0.5) is 0 Å². The van der Waals surface area contributed by atoms with Gasteiger partial charge in [-0.3, -0.25) is 4.99 Å². The quantitative estimate of drug-likeness (QED) is 0.599. The van der Waals surface area contributed by atoms with Crippen LogP contribution < -0.4 is 5.32 Å². The van der Waals surface area contributed by atoms with Crippen molar-refractivity contribution in [3.8, 4) is 0 Å². The Kier molecular flexibility index (Phi) is 6.85. The smallest absolute Gasteiger partial charge is 0.194 e. The first-order valence-corrected chi connectivity index (χ1v) is 10.6. The van der Waals surface area contributed by atoms with Crippen molar-refractivity contribution in [1.82, 2.24) is 10.2 Å². The Bertz CT molecular complexity index is 784. The zero-order valence-electron chi connectivity index (χ0n) is 17.2. The van der Waals surface area contributed by atoms with E-state index >= 15 is 0 Å². The summed E-state index contributed by atoms with van der Waals surface area (Å²) >= 11 is 0. The summed E-state index contributed by atoms with van der Waals surface area (Å²) < 4.78 is 17.3. The third-order valence-electron chi connectivity index (χ3n) is 5.60. The lowest BCUT2D eigenvalue weighted by atomic mass is 10.0. The summed E-state index contributed by atoms with van der Waals surface area (Å²) in [5, 5.41) is 3.54. The fourth-order valence-electron chi connectivity index (χ4n) is 3.97. The van der Waals surface area contributed by atoms with Crippen LogP contribution in [0.15, 0.2) is 52.1 Å². The molecule has 2 aliphatic rings. The molecule has 0 aliphatic carbocycles. The molecule has 3 heterocycles. The second kappa shape index (κ2) is 9.94. The van der Waals surface area contributed by atoms with E-state index in [0.717, 1.165) is 57.2 Å². The van der Waals surface area contributed by atoms with Gasteiger partial charge in [-0.25, -0.2) is 0 Å². The molecule has 0 amide bonds. The summed E-state index contributed by atoms with van der Waals surface area (Å²) in [4.78, 5) is 7.24. The van der Waals surface area contributed by atoms with Gasteiger partial charge in [-0.1, -0.05) is 24.3 Å². The van der Waals surface area contributed by atoms with Crippen LogP contribution >= 0.6 is 0 Å². The van der Waals surface area contributed by atoms with Gasteiger partial charge >= 0.3 is 0 Å². The number of benzene rings is 1. The van der Waals surface area contributed by atoms with Gasteiger partial charge in [0.1, 0.15) is 11.9 Å². The number of morpholine rings is 1. The Morgan fingerprint density at radius 2 is 2.10 bits per heavy atom. The highest BCUT2D eigenvalue weighted by Gasteiger charge is 2.26. The Morgan fingerprint density at radius 3 is 2.90 bits per heavy atom. The molecule has 2 aromatic rings. The molecule has 0 bridgehead atoms. The molecule has 0 spiro atoms. The first-order valence-electron chi connectivity index (χ1n) is 10.6. The summed E-state index contributed by atoms with van der Waals surface area (Å²) in [6.45, 7) is 6.81. The van der Waals surface area contributed by atoms with Crippen LogP contribution in [0.1, 0.15) is 35.8 Å². The third-order valence-corrected chi connectivity index (χ3v) is 5.60. The van der Waals surface area contributed by atoms with E-state index in [0.29, 0.717) is 13.2 Å². The second-order valence-electron chi connectivity index (χ2n) is 7.72. The maximum absolute atomic E-state index is 6.10. The molecule has 156 valence electrons. The molecule has 1 N–H and O–H groups in total. The third kappa shape index (κ3) is 5.40. The van der Waals surface area contributed by atoms with Gasteiger partial charge in [0, 0.05) is 26.1 Å². The summed E-state index contributed by atoms with van der Waals surface area (Å²) in [6.07, 6.45) is 5.08. The second-order valence-corrected chi connectivity index (χ2v) is 7.72. The van der Waals surface area contributed by atoms with E-state index in [2.05, 4.69) is 41.4 Å². The summed E-state index contributed by atoms with van der Waals surface area (Å²) in [7, 11) is 0. The van der Waals surface area contributed by atoms with Gasteiger partial charge in [0.2, 0.25) is 0 Å². The largest absolute Gasteiger partial charge is 0.469 e. The van der Waals surface area contributed by atoms with Gasteiger partial charge in [0.05, 0.1) is 32.1 Å². The number of furan rings is 1. The molecule has 2 unspecified atom stereocenters. The van der Waals surface area contributed by atoms with Crippen LogP contribution in [0, 0.1) is 6.92 Å². The Balaban J connectivity index is 1.43. The van der Waals surface area contributed by atoms with Gasteiger partial charge < -0.3 is 24.1 Å². The highest BCUT2D eigenvalue weighted by atomic mass is 16.5. The zero-order chi connectivity index (χ0) is 19.9. The number of hydrogen-bond acceptors (Lipinski definition) is 4. The van der Waals surface area contributed by atoms with Crippen molar-refractivity contribution in [1.29, 1.82) is 0 Å². The van der Waals surface area contributed by atoms with E-state index in [9.17, 15) is 0 Å². The number of guanidine groups is 1. The number of ether oxygens (including phenoxy) is 2. The highest BCUT2D eigenvalue weighted by molar-refractivity contribution is 5.80. The normalized spacial score (nSPS) is 22.8. The summed E-state index contributed by atoms with van der Waals surface area (Å²) in [6, 6.07) is 12.4. The predicted molar refractivity (Wildman–Crippen MR) is 113 cm³/mol. The van der Waals surface area contributed by atoms with E-state index in [1.54, 1.807) is 6.26 Å². The number of aryl methyl sites for hydroxylation is 1. The molecule has 2 fully saturated rings. The lowest BCUT2D eigenvalue weighted by Gasteiger charge is -2.36. The first kappa shape index (κ1) is 20.0. The Morgan fingerprint density at radius 1 is 1.17 bits per heavy atom. The van der Waals surface area contributed by atoms with E-state index in [1.807, 2.05) is 12.1 Å². The molecule has 6 heteroatoms. The van der Waals surface area contributed by atoms with Crippen LogP contribution in [-0.4, -0.2) is 56.4 Å². The SMILES string of the molecule is Cc1ccccc1C1CN(C(=NCC2CCCO2)NCCc2ccco2)CCO1. The van der Waals surface area contributed by atoms with Crippen molar-refractivity contribution in [2.75, 3.05) is 39.4 Å². The monoisotopic (exact) mass is 397 g/mol. The van der Waals surface area contributed by atoms with E-state index in [4.69, 9.17) is 18.9 Å². The molecular formula is C23H31N3O3. The molecule has 1 aromatic carbocycles. The number of hydrogen-bond donors (Lipinski definition) is 1. The predicted octanol–water partition coefficient (Wildman–Crippen LogP) is 3.33. The van der Waals surface area contributed by atoms with Crippen LogP contribution in [-0.2, 0) is 15.9 Å². The Hall–Kier alpha value is -2.31. The van der Waals surface area contributed by atoms with Crippen molar-refractivity contribution in [2.24, 2.45) is 4.99 Å². The molecule has 2 aliphatic heterocycles. The van der Waals surface area contributed by atoms with Crippen LogP contribution in [0.5, 0.6) is 0 Å². The lowest BCUT2D eigenvalue weighted by Crippen LogP contribution is -2.49. The van der Waals surface area contributed by atoms with Crippen molar-refractivity contribution >= 4 is 5.96 Å². The summed E-state index contributed by atoms with van der Waals surface area (Å²) in [5.41, 5.74) is 2.52. The number of nitrogens with zero attached hydrogens (tertiary/aromatic N) is 2. The number of rotatable bonds is 6. The maximum atomic E-state index is 6.10. The topological polar surface area (TPSA) is 59.2 Å². The van der Waals surface area contributed by atoms with Gasteiger partial charge in [-0.05, 0) is 43.0 Å². The molecule has 6 nitrogen and oxygen atoms in total. The molecule has 1 aromatic heterocycles. The average molecular weight is 398 g/mol. The van der Waals surface area contributed by atoms with Gasteiger partial charge in [-0.15, -0.1) is 0 Å². The zero-order valence-corrected chi connectivity index (χ0v) is 17.2. The molecule has 4 rings (SSSR count). The van der Waals surface area contributed by atoms with Crippen LogP contribution in [0.25, 0.3) is 0 Å². The van der Waals surface area contributed by atoms with E-state index in [1.165, 1.54) is 11.1 Å². The minimum atomic E-state index is 0.0600. The standard InChI is InChI=1S/C23H31N3O3/c1-18-6-2-3-9-21(18)22-17-26(12-15-29-22)23(25-16-20-8-5-14-28-20)24-11-10-19-7-4-13-27-19/h2-4,6-7,9,13,20,22H,5,8,10-12,14-17H2,1H3,(H,24,25). The van der Waals surface area contributed by atoms with Crippen molar-refractivity contribution < 1.29 is 13.9 Å². The Labute approximate surface area is 172 Å². The van der Waals surface area contributed by atoms with Crippen molar-refractivity contribution in [3.05, 3.63) is 59.5 Å². The van der Waals surface area contributed by atoms with Crippen LogP contribution in [0.3, 0.4) is 0 Å². The molecule has 2 atom stereocenters.